The number of hydrogen-bond acceptors (Lipinski definition) is 2. The number of aromatic nitrogens is 1. The zero-order valence-electron chi connectivity index (χ0n) is 12.4. The summed E-state index contributed by atoms with van der Waals surface area (Å²) in [7, 11) is 1.70. The molecule has 3 nitrogen and oxygen atoms in total. The smallest absolute Gasteiger partial charge is 0.118 e. The highest BCUT2D eigenvalue weighted by atomic mass is 16.5. The van der Waals surface area contributed by atoms with Gasteiger partial charge in [-0.15, -0.1) is 0 Å². The van der Waals surface area contributed by atoms with Gasteiger partial charge in [-0.1, -0.05) is 19.1 Å². The first kappa shape index (κ1) is 14.7. The molecular formula is C17H24N2O. The van der Waals surface area contributed by atoms with E-state index < -0.39 is 0 Å². The Labute approximate surface area is 121 Å². The Kier molecular flexibility index (Phi) is 5.69. The van der Waals surface area contributed by atoms with Crippen molar-refractivity contribution in [2.75, 3.05) is 13.7 Å². The first-order chi connectivity index (χ1) is 9.81. The van der Waals surface area contributed by atoms with Crippen LogP contribution in [0.15, 0.2) is 42.7 Å². The maximum atomic E-state index is 5.16. The van der Waals surface area contributed by atoms with Crippen LogP contribution < -0.4 is 10.1 Å². The fraction of sp³-hybridized carbons (Fsp3) is 0.412. The molecule has 0 saturated heterocycles. The van der Waals surface area contributed by atoms with Crippen LogP contribution in [0.4, 0.5) is 0 Å². The van der Waals surface area contributed by atoms with Gasteiger partial charge in [-0.05, 0) is 48.7 Å². The Bertz CT molecular complexity index is 502. The molecule has 1 aromatic carbocycles. The summed E-state index contributed by atoms with van der Waals surface area (Å²) in [6.07, 6.45) is 6.60. The zero-order valence-corrected chi connectivity index (χ0v) is 12.4. The number of hydrogen-bond donors (Lipinski definition) is 1. The van der Waals surface area contributed by atoms with Crippen LogP contribution in [0.3, 0.4) is 0 Å². The van der Waals surface area contributed by atoms with Gasteiger partial charge < -0.3 is 14.6 Å². The van der Waals surface area contributed by atoms with Crippen molar-refractivity contribution < 1.29 is 4.74 Å². The number of ether oxygens (including phenoxy) is 1. The second kappa shape index (κ2) is 7.75. The monoisotopic (exact) mass is 272 g/mol. The minimum absolute atomic E-state index is 0.916. The number of nitrogens with one attached hydrogen (secondary N) is 1. The molecule has 1 heterocycles. The van der Waals surface area contributed by atoms with Crippen molar-refractivity contribution in [3.8, 4) is 5.75 Å². The predicted octanol–water partition coefficient (Wildman–Crippen LogP) is 3.24. The summed E-state index contributed by atoms with van der Waals surface area (Å²) in [6, 6.07) is 10.5. The van der Waals surface area contributed by atoms with Crippen molar-refractivity contribution in [3.05, 3.63) is 53.9 Å². The molecule has 108 valence electrons. The number of nitrogens with zero attached hydrogens (tertiary/aromatic N) is 1. The van der Waals surface area contributed by atoms with Gasteiger partial charge in [0.2, 0.25) is 0 Å². The summed E-state index contributed by atoms with van der Waals surface area (Å²) < 4.78 is 7.41. The lowest BCUT2D eigenvalue weighted by molar-refractivity contribution is 0.414. The predicted molar refractivity (Wildman–Crippen MR) is 83.1 cm³/mol. The molecule has 2 aromatic rings. The standard InChI is InChI=1S/C17H24N2O/c1-3-11-19-12-9-16(14-19)13-18-10-8-15-4-6-17(20-2)7-5-15/h4-7,9,12,14,18H,3,8,10-11,13H2,1-2H3. The molecule has 0 unspecified atom stereocenters. The number of benzene rings is 1. The van der Waals surface area contributed by atoms with Crippen molar-refractivity contribution in [3.63, 3.8) is 0 Å². The van der Waals surface area contributed by atoms with Crippen LogP contribution in [0, 0.1) is 0 Å². The molecule has 0 spiro atoms. The normalized spacial score (nSPS) is 10.7. The van der Waals surface area contributed by atoms with E-state index in [9.17, 15) is 0 Å². The highest BCUT2D eigenvalue weighted by molar-refractivity contribution is 5.27. The summed E-state index contributed by atoms with van der Waals surface area (Å²) in [4.78, 5) is 0. The van der Waals surface area contributed by atoms with Crippen LogP contribution in [0.1, 0.15) is 24.5 Å². The molecule has 0 bridgehead atoms. The molecule has 0 saturated carbocycles. The number of rotatable bonds is 8. The van der Waals surface area contributed by atoms with E-state index in [2.05, 4.69) is 47.4 Å². The molecule has 0 aliphatic carbocycles. The summed E-state index contributed by atoms with van der Waals surface area (Å²) in [6.45, 7) is 5.23. The van der Waals surface area contributed by atoms with E-state index >= 15 is 0 Å². The van der Waals surface area contributed by atoms with Gasteiger partial charge in [-0.2, -0.15) is 0 Å². The van der Waals surface area contributed by atoms with Crippen molar-refractivity contribution >= 4 is 0 Å². The summed E-state index contributed by atoms with van der Waals surface area (Å²) in [5, 5.41) is 3.49. The lowest BCUT2D eigenvalue weighted by Gasteiger charge is -2.05. The van der Waals surface area contributed by atoms with Crippen molar-refractivity contribution in [2.24, 2.45) is 0 Å². The highest BCUT2D eigenvalue weighted by Crippen LogP contribution is 2.11. The van der Waals surface area contributed by atoms with Crippen molar-refractivity contribution in [2.45, 2.75) is 32.9 Å². The SMILES string of the molecule is CCCn1ccc(CNCCc2ccc(OC)cc2)c1. The highest BCUT2D eigenvalue weighted by Gasteiger charge is 1.97. The first-order valence-electron chi connectivity index (χ1n) is 7.30. The largest absolute Gasteiger partial charge is 0.497 e. The molecule has 0 fully saturated rings. The van der Waals surface area contributed by atoms with Gasteiger partial charge in [-0.25, -0.2) is 0 Å². The average molecular weight is 272 g/mol. The lowest BCUT2D eigenvalue weighted by atomic mass is 10.1. The number of aryl methyl sites for hydroxylation is 1. The van der Waals surface area contributed by atoms with Gasteiger partial charge >= 0.3 is 0 Å². The fourth-order valence-corrected chi connectivity index (χ4v) is 2.25. The van der Waals surface area contributed by atoms with Gasteiger partial charge in [0.25, 0.3) is 0 Å². The third-order valence-electron chi connectivity index (χ3n) is 3.37. The maximum absolute atomic E-state index is 5.16. The summed E-state index contributed by atoms with van der Waals surface area (Å²) in [5.41, 5.74) is 2.69. The second-order valence-corrected chi connectivity index (χ2v) is 5.03. The molecular weight excluding hydrogens is 248 g/mol. The Balaban J connectivity index is 1.69. The van der Waals surface area contributed by atoms with Crippen LogP contribution in [-0.4, -0.2) is 18.2 Å². The van der Waals surface area contributed by atoms with E-state index in [0.717, 1.165) is 31.8 Å². The molecule has 0 aliphatic heterocycles. The van der Waals surface area contributed by atoms with Crippen LogP contribution in [-0.2, 0) is 19.5 Å². The molecule has 0 aliphatic rings. The summed E-state index contributed by atoms with van der Waals surface area (Å²) >= 11 is 0. The van der Waals surface area contributed by atoms with Crippen LogP contribution in [0.2, 0.25) is 0 Å². The third-order valence-corrected chi connectivity index (χ3v) is 3.37. The average Bonchev–Trinajstić information content (AvgIpc) is 2.92. The van der Waals surface area contributed by atoms with Gasteiger partial charge in [-0.3, -0.25) is 0 Å². The Morgan fingerprint density at radius 2 is 1.90 bits per heavy atom. The van der Waals surface area contributed by atoms with Crippen molar-refractivity contribution in [1.29, 1.82) is 0 Å². The molecule has 0 radical (unpaired) electrons. The van der Waals surface area contributed by atoms with E-state index in [4.69, 9.17) is 4.74 Å². The minimum Gasteiger partial charge on any atom is -0.497 e. The van der Waals surface area contributed by atoms with E-state index in [1.165, 1.54) is 17.5 Å². The summed E-state index contributed by atoms with van der Waals surface area (Å²) in [5.74, 6) is 0.916. The van der Waals surface area contributed by atoms with E-state index in [-0.39, 0.29) is 0 Å². The third kappa shape index (κ3) is 4.42. The molecule has 20 heavy (non-hydrogen) atoms. The lowest BCUT2D eigenvalue weighted by Crippen LogP contribution is -2.16. The van der Waals surface area contributed by atoms with E-state index in [0.29, 0.717) is 0 Å². The van der Waals surface area contributed by atoms with Gasteiger partial charge in [0.1, 0.15) is 5.75 Å². The quantitative estimate of drug-likeness (QED) is 0.747. The Hall–Kier alpha value is -1.74. The molecule has 0 amide bonds. The molecule has 2 rings (SSSR count). The van der Waals surface area contributed by atoms with Gasteiger partial charge in [0.05, 0.1) is 7.11 Å². The van der Waals surface area contributed by atoms with Gasteiger partial charge in [0, 0.05) is 25.5 Å². The topological polar surface area (TPSA) is 26.2 Å². The van der Waals surface area contributed by atoms with E-state index in [1.807, 2.05) is 12.1 Å². The van der Waals surface area contributed by atoms with Crippen LogP contribution in [0.25, 0.3) is 0 Å². The van der Waals surface area contributed by atoms with Gasteiger partial charge in [0.15, 0.2) is 0 Å². The Morgan fingerprint density at radius 1 is 1.10 bits per heavy atom. The first-order valence-corrected chi connectivity index (χ1v) is 7.30. The Morgan fingerprint density at radius 3 is 2.60 bits per heavy atom. The second-order valence-electron chi connectivity index (χ2n) is 5.03. The van der Waals surface area contributed by atoms with Crippen molar-refractivity contribution in [1.82, 2.24) is 9.88 Å². The van der Waals surface area contributed by atoms with E-state index in [1.54, 1.807) is 7.11 Å². The molecule has 1 aromatic heterocycles. The van der Waals surface area contributed by atoms with Crippen LogP contribution in [0.5, 0.6) is 5.75 Å². The minimum atomic E-state index is 0.916. The zero-order chi connectivity index (χ0) is 14.2. The van der Waals surface area contributed by atoms with Crippen LogP contribution >= 0.6 is 0 Å². The fourth-order valence-electron chi connectivity index (χ4n) is 2.25. The molecule has 0 atom stereocenters. The molecule has 1 N–H and O–H groups in total. The number of methoxy groups -OCH3 is 1. The maximum Gasteiger partial charge on any atom is 0.118 e. The molecule has 3 heteroatoms.